The summed E-state index contributed by atoms with van der Waals surface area (Å²) in [5.41, 5.74) is 2.74. The Morgan fingerprint density at radius 3 is 2.48 bits per heavy atom. The minimum Gasteiger partial charge on any atom is -0.325 e. The van der Waals surface area contributed by atoms with E-state index in [2.05, 4.69) is 26.0 Å². The van der Waals surface area contributed by atoms with Crippen molar-refractivity contribution in [1.82, 2.24) is 0 Å². The summed E-state index contributed by atoms with van der Waals surface area (Å²) < 4.78 is 28.9. The van der Waals surface area contributed by atoms with Gasteiger partial charge in [0, 0.05) is 20.9 Å². The molecule has 5 nitrogen and oxygen atoms in total. The van der Waals surface area contributed by atoms with Crippen LogP contribution in [0, 0.1) is 6.92 Å². The van der Waals surface area contributed by atoms with Crippen molar-refractivity contribution in [3.8, 4) is 0 Å². The van der Waals surface area contributed by atoms with Gasteiger partial charge in [-0.25, -0.2) is 8.42 Å². The van der Waals surface area contributed by atoms with Crippen molar-refractivity contribution in [2.45, 2.75) is 17.6 Å². The lowest BCUT2D eigenvalue weighted by molar-refractivity contribution is -0.113. The fourth-order valence-corrected chi connectivity index (χ4v) is 5.24. The highest BCUT2D eigenvalue weighted by Crippen LogP contribution is 2.26. The van der Waals surface area contributed by atoms with E-state index >= 15 is 0 Å². The van der Waals surface area contributed by atoms with Gasteiger partial charge in [0.2, 0.25) is 5.91 Å². The highest BCUT2D eigenvalue weighted by atomic mass is 79.9. The Bertz CT molecular complexity index is 1190. The lowest BCUT2D eigenvalue weighted by Crippen LogP contribution is -2.15. The van der Waals surface area contributed by atoms with Gasteiger partial charge in [0.15, 0.2) is 0 Å². The summed E-state index contributed by atoms with van der Waals surface area (Å²) in [6, 6.07) is 19.0. The second-order valence-corrected chi connectivity index (χ2v) is 10.7. The van der Waals surface area contributed by atoms with Crippen molar-refractivity contribution in [3.63, 3.8) is 0 Å². The van der Waals surface area contributed by atoms with Crippen molar-refractivity contribution in [1.29, 1.82) is 0 Å². The normalized spacial score (nSPS) is 11.2. The first-order valence-electron chi connectivity index (χ1n) is 9.24. The van der Waals surface area contributed by atoms with Gasteiger partial charge in [-0.2, -0.15) is 0 Å². The molecule has 0 saturated heterocycles. The van der Waals surface area contributed by atoms with E-state index in [0.717, 1.165) is 15.8 Å². The molecular formula is C22H20BrClN2O3S2. The average molecular weight is 540 g/mol. The van der Waals surface area contributed by atoms with Gasteiger partial charge in [-0.1, -0.05) is 45.7 Å². The molecule has 0 spiro atoms. The van der Waals surface area contributed by atoms with Crippen LogP contribution in [0.25, 0.3) is 0 Å². The molecule has 0 atom stereocenters. The van der Waals surface area contributed by atoms with E-state index in [1.807, 2.05) is 24.3 Å². The molecule has 3 aromatic rings. The van der Waals surface area contributed by atoms with Crippen LogP contribution in [-0.4, -0.2) is 20.1 Å². The highest BCUT2D eigenvalue weighted by Gasteiger charge is 2.16. The smallest absolute Gasteiger partial charge is 0.261 e. The van der Waals surface area contributed by atoms with Crippen LogP contribution in [-0.2, 0) is 20.6 Å². The summed E-state index contributed by atoms with van der Waals surface area (Å²) in [7, 11) is -3.78. The number of amides is 1. The third kappa shape index (κ3) is 6.74. The summed E-state index contributed by atoms with van der Waals surface area (Å²) in [6.07, 6.45) is 0. The quantitative estimate of drug-likeness (QED) is 0.364. The van der Waals surface area contributed by atoms with Crippen LogP contribution >= 0.6 is 39.3 Å². The minimum absolute atomic E-state index is 0.0916. The average Bonchev–Trinajstić information content (AvgIpc) is 2.72. The third-order valence-electron chi connectivity index (χ3n) is 4.35. The number of nitrogens with one attached hydrogen (secondary N) is 2. The summed E-state index contributed by atoms with van der Waals surface area (Å²) in [6.45, 7) is 1.74. The fourth-order valence-electron chi connectivity index (χ4n) is 2.72. The van der Waals surface area contributed by atoms with Gasteiger partial charge in [0.05, 0.1) is 16.3 Å². The van der Waals surface area contributed by atoms with Gasteiger partial charge in [0.1, 0.15) is 0 Å². The van der Waals surface area contributed by atoms with Gasteiger partial charge in [-0.15, -0.1) is 11.8 Å². The number of sulfonamides is 1. The molecule has 0 fully saturated rings. The number of halogens is 2. The number of hydrogen-bond donors (Lipinski definition) is 2. The molecule has 31 heavy (non-hydrogen) atoms. The van der Waals surface area contributed by atoms with Crippen LogP contribution in [0.15, 0.2) is 76.1 Å². The van der Waals surface area contributed by atoms with Crippen molar-refractivity contribution >= 4 is 66.6 Å². The Kier molecular flexibility index (Phi) is 8.05. The standard InChI is InChI=1S/C22H20BrClN2O3S2/c1-15-20(24)6-3-7-21(15)26-31(28,29)19-10-8-18(9-11-19)25-22(27)14-30-13-16-4-2-5-17(23)12-16/h2-12,26H,13-14H2,1H3,(H,25,27). The van der Waals surface area contributed by atoms with E-state index < -0.39 is 10.0 Å². The monoisotopic (exact) mass is 538 g/mol. The van der Waals surface area contributed by atoms with Crippen LogP contribution in [0.2, 0.25) is 5.02 Å². The fraction of sp³-hybridized carbons (Fsp3) is 0.136. The molecule has 3 rings (SSSR count). The first-order chi connectivity index (χ1) is 14.7. The zero-order chi connectivity index (χ0) is 22.4. The van der Waals surface area contributed by atoms with Crippen LogP contribution in [0.1, 0.15) is 11.1 Å². The number of rotatable bonds is 8. The Labute approximate surface area is 199 Å². The minimum atomic E-state index is -3.78. The number of carbonyl (C=O) groups excluding carboxylic acids is 1. The largest absolute Gasteiger partial charge is 0.325 e. The van der Waals surface area contributed by atoms with E-state index in [-0.39, 0.29) is 10.8 Å². The predicted octanol–water partition coefficient (Wildman–Crippen LogP) is 6.08. The molecule has 0 aliphatic rings. The van der Waals surface area contributed by atoms with Gasteiger partial charge < -0.3 is 5.32 Å². The molecule has 0 saturated carbocycles. The Morgan fingerprint density at radius 2 is 1.77 bits per heavy atom. The van der Waals surface area contributed by atoms with E-state index in [0.29, 0.717) is 27.7 Å². The molecule has 0 aliphatic heterocycles. The molecule has 0 aromatic heterocycles. The lowest BCUT2D eigenvalue weighted by atomic mass is 10.2. The van der Waals surface area contributed by atoms with Crippen LogP contribution in [0.4, 0.5) is 11.4 Å². The topological polar surface area (TPSA) is 75.3 Å². The molecule has 2 N–H and O–H groups in total. The van der Waals surface area contributed by atoms with Crippen LogP contribution < -0.4 is 10.0 Å². The predicted molar refractivity (Wildman–Crippen MR) is 132 cm³/mol. The molecular weight excluding hydrogens is 520 g/mol. The third-order valence-corrected chi connectivity index (χ3v) is 7.64. The summed E-state index contributed by atoms with van der Waals surface area (Å²) in [4.78, 5) is 12.3. The van der Waals surface area contributed by atoms with Crippen LogP contribution in [0.5, 0.6) is 0 Å². The van der Waals surface area contributed by atoms with Crippen molar-refractivity contribution in [3.05, 3.63) is 87.4 Å². The summed E-state index contributed by atoms with van der Waals surface area (Å²) >= 11 is 11.0. The Hall–Kier alpha value is -2.00. The van der Waals surface area contributed by atoms with E-state index in [1.54, 1.807) is 37.3 Å². The van der Waals surface area contributed by atoms with Gasteiger partial charge in [-0.05, 0) is 66.6 Å². The van der Waals surface area contributed by atoms with Gasteiger partial charge in [0.25, 0.3) is 10.0 Å². The van der Waals surface area contributed by atoms with E-state index in [4.69, 9.17) is 11.6 Å². The molecule has 0 bridgehead atoms. The molecule has 0 heterocycles. The van der Waals surface area contributed by atoms with E-state index in [1.165, 1.54) is 23.9 Å². The van der Waals surface area contributed by atoms with Gasteiger partial charge >= 0.3 is 0 Å². The molecule has 0 aliphatic carbocycles. The van der Waals surface area contributed by atoms with Crippen molar-refractivity contribution in [2.24, 2.45) is 0 Å². The maximum Gasteiger partial charge on any atom is 0.261 e. The maximum atomic E-state index is 12.7. The Balaban J connectivity index is 1.56. The highest BCUT2D eigenvalue weighted by molar-refractivity contribution is 9.10. The number of hydrogen-bond acceptors (Lipinski definition) is 4. The number of thioether (sulfide) groups is 1. The summed E-state index contributed by atoms with van der Waals surface area (Å²) in [5.74, 6) is 0.865. The van der Waals surface area contributed by atoms with Crippen molar-refractivity contribution < 1.29 is 13.2 Å². The Morgan fingerprint density at radius 1 is 1.06 bits per heavy atom. The number of anilines is 2. The second kappa shape index (κ2) is 10.5. The molecule has 9 heteroatoms. The first kappa shape index (κ1) is 23.7. The molecule has 162 valence electrons. The zero-order valence-electron chi connectivity index (χ0n) is 16.6. The second-order valence-electron chi connectivity index (χ2n) is 6.71. The molecule has 0 radical (unpaired) electrons. The molecule has 1 amide bonds. The van der Waals surface area contributed by atoms with E-state index in [9.17, 15) is 13.2 Å². The molecule has 3 aromatic carbocycles. The van der Waals surface area contributed by atoms with Gasteiger partial charge in [-0.3, -0.25) is 9.52 Å². The zero-order valence-corrected chi connectivity index (χ0v) is 20.5. The first-order valence-corrected chi connectivity index (χ1v) is 13.1. The molecule has 0 unspecified atom stereocenters. The number of carbonyl (C=O) groups is 1. The SMILES string of the molecule is Cc1c(Cl)cccc1NS(=O)(=O)c1ccc(NC(=O)CSCc2cccc(Br)c2)cc1. The van der Waals surface area contributed by atoms with Crippen LogP contribution in [0.3, 0.4) is 0 Å². The number of benzene rings is 3. The maximum absolute atomic E-state index is 12.7. The lowest BCUT2D eigenvalue weighted by Gasteiger charge is -2.12. The van der Waals surface area contributed by atoms with Crippen molar-refractivity contribution in [2.75, 3.05) is 15.8 Å². The summed E-state index contributed by atoms with van der Waals surface area (Å²) in [5, 5.41) is 3.27.